The molecule has 1 saturated heterocycles. The molecule has 136 valence electrons. The van der Waals surface area contributed by atoms with Crippen molar-refractivity contribution in [1.29, 1.82) is 0 Å². The molecule has 1 fully saturated rings. The lowest BCUT2D eigenvalue weighted by atomic mass is 9.96. The summed E-state index contributed by atoms with van der Waals surface area (Å²) in [5.41, 5.74) is 0.758. The van der Waals surface area contributed by atoms with Crippen molar-refractivity contribution in [3.63, 3.8) is 0 Å². The first kappa shape index (κ1) is 18.9. The Bertz CT molecular complexity index is 618. The van der Waals surface area contributed by atoms with Gasteiger partial charge in [0.1, 0.15) is 5.82 Å². The molecular formula is C18H24FN3O3. The Hall–Kier alpha value is -2.44. The molecule has 1 aromatic carbocycles. The second kappa shape index (κ2) is 9.15. The quantitative estimate of drug-likeness (QED) is 0.748. The Morgan fingerprint density at radius 1 is 1.16 bits per heavy atom. The largest absolute Gasteiger partial charge is 0.355 e. The first-order chi connectivity index (χ1) is 12.0. The molecule has 0 spiro atoms. The van der Waals surface area contributed by atoms with Crippen molar-refractivity contribution < 1.29 is 18.8 Å². The third kappa shape index (κ3) is 6.17. The van der Waals surface area contributed by atoms with Gasteiger partial charge in [0.2, 0.25) is 17.7 Å². The Morgan fingerprint density at radius 2 is 1.84 bits per heavy atom. The number of rotatable bonds is 6. The van der Waals surface area contributed by atoms with Crippen LogP contribution < -0.4 is 10.6 Å². The second-order valence-corrected chi connectivity index (χ2v) is 6.26. The molecule has 0 aliphatic carbocycles. The minimum absolute atomic E-state index is 0.0534. The third-order valence-corrected chi connectivity index (χ3v) is 4.21. The van der Waals surface area contributed by atoms with Gasteiger partial charge in [-0.2, -0.15) is 0 Å². The number of amides is 3. The van der Waals surface area contributed by atoms with Gasteiger partial charge in [-0.3, -0.25) is 14.4 Å². The average Bonchev–Trinajstić information content (AvgIpc) is 2.60. The van der Waals surface area contributed by atoms with E-state index in [1.54, 1.807) is 17.0 Å². The summed E-state index contributed by atoms with van der Waals surface area (Å²) in [6.45, 7) is 3.22. The lowest BCUT2D eigenvalue weighted by Gasteiger charge is -2.32. The molecule has 6 nitrogen and oxygen atoms in total. The number of carbonyl (C=O) groups excluding carboxylic acids is 3. The van der Waals surface area contributed by atoms with E-state index < -0.39 is 0 Å². The van der Waals surface area contributed by atoms with Crippen LogP contribution in [0.1, 0.15) is 25.3 Å². The molecule has 1 aromatic rings. The van der Waals surface area contributed by atoms with Crippen LogP contribution in [0.15, 0.2) is 24.3 Å². The van der Waals surface area contributed by atoms with Gasteiger partial charge in [0.25, 0.3) is 0 Å². The number of halogens is 1. The molecule has 0 aromatic heterocycles. The molecule has 1 aliphatic heterocycles. The number of nitrogens with one attached hydrogen (secondary N) is 2. The molecule has 2 rings (SSSR count). The van der Waals surface area contributed by atoms with Crippen LogP contribution in [0.3, 0.4) is 0 Å². The SMILES string of the molecule is CC(=O)NCCNC(=O)[C@@H]1CCCN(C(=O)Cc2ccc(F)cc2)C1. The van der Waals surface area contributed by atoms with Gasteiger partial charge in [0.15, 0.2) is 0 Å². The van der Waals surface area contributed by atoms with Crippen LogP contribution >= 0.6 is 0 Å². The van der Waals surface area contributed by atoms with E-state index in [1.807, 2.05) is 0 Å². The van der Waals surface area contributed by atoms with Crippen LogP contribution in [0.2, 0.25) is 0 Å². The fourth-order valence-electron chi connectivity index (χ4n) is 2.87. The Kier molecular flexibility index (Phi) is 6.91. The predicted molar refractivity (Wildman–Crippen MR) is 91.1 cm³/mol. The van der Waals surface area contributed by atoms with Gasteiger partial charge in [-0.15, -0.1) is 0 Å². The smallest absolute Gasteiger partial charge is 0.227 e. The van der Waals surface area contributed by atoms with Crippen molar-refractivity contribution in [2.24, 2.45) is 5.92 Å². The van der Waals surface area contributed by atoms with Crippen LogP contribution in [-0.4, -0.2) is 48.8 Å². The summed E-state index contributed by atoms with van der Waals surface area (Å²) in [4.78, 5) is 37.1. The Morgan fingerprint density at radius 3 is 2.52 bits per heavy atom. The van der Waals surface area contributed by atoms with Crippen molar-refractivity contribution in [1.82, 2.24) is 15.5 Å². The molecule has 0 bridgehead atoms. The van der Waals surface area contributed by atoms with Gasteiger partial charge in [-0.1, -0.05) is 12.1 Å². The van der Waals surface area contributed by atoms with E-state index in [0.29, 0.717) is 26.2 Å². The van der Waals surface area contributed by atoms with Gasteiger partial charge < -0.3 is 15.5 Å². The summed E-state index contributed by atoms with van der Waals surface area (Å²) < 4.78 is 12.9. The molecule has 0 unspecified atom stereocenters. The number of piperidine rings is 1. The highest BCUT2D eigenvalue weighted by atomic mass is 19.1. The molecule has 2 N–H and O–H groups in total. The number of hydrogen-bond acceptors (Lipinski definition) is 3. The zero-order valence-corrected chi connectivity index (χ0v) is 14.4. The maximum Gasteiger partial charge on any atom is 0.227 e. The number of nitrogens with zero attached hydrogens (tertiary/aromatic N) is 1. The summed E-state index contributed by atoms with van der Waals surface area (Å²) in [5, 5.41) is 5.41. The summed E-state index contributed by atoms with van der Waals surface area (Å²) in [6.07, 6.45) is 1.72. The molecule has 7 heteroatoms. The summed E-state index contributed by atoms with van der Waals surface area (Å²) in [7, 11) is 0. The van der Waals surface area contributed by atoms with Gasteiger partial charge in [-0.05, 0) is 30.5 Å². The highest BCUT2D eigenvalue weighted by Gasteiger charge is 2.28. The summed E-state index contributed by atoms with van der Waals surface area (Å²) in [5.74, 6) is -0.843. The predicted octanol–water partition coefficient (Wildman–Crippen LogP) is 0.859. The zero-order valence-electron chi connectivity index (χ0n) is 14.4. The van der Waals surface area contributed by atoms with Gasteiger partial charge in [0.05, 0.1) is 12.3 Å². The molecule has 1 atom stereocenters. The zero-order chi connectivity index (χ0) is 18.2. The lowest BCUT2D eigenvalue weighted by molar-refractivity contribution is -0.135. The lowest BCUT2D eigenvalue weighted by Crippen LogP contribution is -2.46. The standard InChI is InChI=1S/C18H24FN3O3/c1-13(23)20-8-9-21-18(25)15-3-2-10-22(12-15)17(24)11-14-4-6-16(19)7-5-14/h4-7,15H,2-3,8-12H2,1H3,(H,20,23)(H,21,25)/t15-/m1/s1. The molecule has 0 saturated carbocycles. The molecule has 1 heterocycles. The maximum atomic E-state index is 12.9. The fourth-order valence-corrected chi connectivity index (χ4v) is 2.87. The Labute approximate surface area is 146 Å². The van der Waals surface area contributed by atoms with E-state index in [2.05, 4.69) is 10.6 Å². The summed E-state index contributed by atoms with van der Waals surface area (Å²) in [6, 6.07) is 5.88. The number of hydrogen-bond donors (Lipinski definition) is 2. The van der Waals surface area contributed by atoms with E-state index in [0.717, 1.165) is 18.4 Å². The van der Waals surface area contributed by atoms with Gasteiger partial charge >= 0.3 is 0 Å². The monoisotopic (exact) mass is 349 g/mol. The first-order valence-electron chi connectivity index (χ1n) is 8.50. The van der Waals surface area contributed by atoms with Crippen molar-refractivity contribution in [2.45, 2.75) is 26.2 Å². The first-order valence-corrected chi connectivity index (χ1v) is 8.50. The Balaban J connectivity index is 1.80. The van der Waals surface area contributed by atoms with Crippen molar-refractivity contribution in [3.05, 3.63) is 35.6 Å². The van der Waals surface area contributed by atoms with Crippen molar-refractivity contribution in [2.75, 3.05) is 26.2 Å². The van der Waals surface area contributed by atoms with Gasteiger partial charge in [0, 0.05) is 33.1 Å². The van der Waals surface area contributed by atoms with E-state index >= 15 is 0 Å². The van der Waals surface area contributed by atoms with E-state index in [1.165, 1.54) is 19.1 Å². The molecule has 0 radical (unpaired) electrons. The van der Waals surface area contributed by atoms with Gasteiger partial charge in [-0.25, -0.2) is 4.39 Å². The number of likely N-dealkylation sites (tertiary alicyclic amines) is 1. The molecular weight excluding hydrogens is 325 g/mol. The van der Waals surface area contributed by atoms with Crippen LogP contribution in [0.25, 0.3) is 0 Å². The minimum Gasteiger partial charge on any atom is -0.355 e. The number of benzene rings is 1. The van der Waals surface area contributed by atoms with Crippen molar-refractivity contribution in [3.8, 4) is 0 Å². The van der Waals surface area contributed by atoms with Crippen LogP contribution in [-0.2, 0) is 20.8 Å². The maximum absolute atomic E-state index is 12.9. The minimum atomic E-state index is -0.329. The van der Waals surface area contributed by atoms with E-state index in [9.17, 15) is 18.8 Å². The van der Waals surface area contributed by atoms with Crippen LogP contribution in [0, 0.1) is 11.7 Å². The highest BCUT2D eigenvalue weighted by Crippen LogP contribution is 2.18. The second-order valence-electron chi connectivity index (χ2n) is 6.26. The van der Waals surface area contributed by atoms with Crippen LogP contribution in [0.4, 0.5) is 4.39 Å². The molecule has 3 amide bonds. The highest BCUT2D eigenvalue weighted by molar-refractivity contribution is 5.82. The van der Waals surface area contributed by atoms with E-state index in [-0.39, 0.29) is 35.9 Å². The molecule has 1 aliphatic rings. The summed E-state index contributed by atoms with van der Waals surface area (Å²) >= 11 is 0. The van der Waals surface area contributed by atoms with E-state index in [4.69, 9.17) is 0 Å². The average molecular weight is 349 g/mol. The number of carbonyl (C=O) groups is 3. The fraction of sp³-hybridized carbons (Fsp3) is 0.500. The topological polar surface area (TPSA) is 78.5 Å². The van der Waals surface area contributed by atoms with Crippen LogP contribution in [0.5, 0.6) is 0 Å². The normalized spacial score (nSPS) is 17.0. The third-order valence-electron chi connectivity index (χ3n) is 4.21. The molecule has 25 heavy (non-hydrogen) atoms. The van der Waals surface area contributed by atoms with Crippen molar-refractivity contribution >= 4 is 17.7 Å².